The number of β-amino-alcohol motifs (C(OH)–C–C–N with tert-alkyl or cyclic N) is 1. The van der Waals surface area contributed by atoms with E-state index in [-0.39, 0.29) is 6.54 Å². The van der Waals surface area contributed by atoms with Gasteiger partial charge in [0.15, 0.2) is 0 Å². The first-order valence-corrected chi connectivity index (χ1v) is 5.60. The van der Waals surface area contributed by atoms with Crippen LogP contribution in [0.25, 0.3) is 0 Å². The van der Waals surface area contributed by atoms with Crippen molar-refractivity contribution < 1.29 is 19.1 Å². The third-order valence-electron chi connectivity index (χ3n) is 2.75. The number of hydrogen-bond acceptors (Lipinski definition) is 3. The van der Waals surface area contributed by atoms with Crippen molar-refractivity contribution in [2.45, 2.75) is 12.5 Å². The Bertz CT molecular complexity index is 461. The summed E-state index contributed by atoms with van der Waals surface area (Å²) in [6, 6.07) is 5.14. The van der Waals surface area contributed by atoms with Crippen LogP contribution in [-0.2, 0) is 9.59 Å². The number of carbonyl (C=O) groups is 2. The van der Waals surface area contributed by atoms with E-state index in [4.69, 9.17) is 0 Å². The van der Waals surface area contributed by atoms with Crippen LogP contribution in [0.2, 0.25) is 0 Å². The number of anilines is 1. The van der Waals surface area contributed by atoms with Gasteiger partial charge in [0.25, 0.3) is 0 Å². The smallest absolute Gasteiger partial charge is 0.313 e. The number of aliphatic hydroxyl groups is 1. The van der Waals surface area contributed by atoms with Gasteiger partial charge in [-0.2, -0.15) is 0 Å². The Morgan fingerprint density at radius 1 is 1.33 bits per heavy atom. The Balaban J connectivity index is 1.95. The van der Waals surface area contributed by atoms with Gasteiger partial charge in [0, 0.05) is 18.8 Å². The van der Waals surface area contributed by atoms with Gasteiger partial charge in [-0.1, -0.05) is 0 Å². The zero-order chi connectivity index (χ0) is 13.1. The molecule has 0 bridgehead atoms. The number of likely N-dealkylation sites (tertiary alicyclic amines) is 1. The molecule has 2 rings (SSSR count). The molecule has 1 heterocycles. The molecule has 1 saturated heterocycles. The summed E-state index contributed by atoms with van der Waals surface area (Å²) in [6.07, 6.45) is -0.0807. The standard InChI is InChI=1S/C12H13FN2O3/c13-8-1-3-9(4-2-8)14-11(17)12(18)15-6-5-10(16)7-15/h1-4,10,16H,5-7H2,(H,14,17)/t10-/m0/s1. The number of carbonyl (C=O) groups excluding carboxylic acids is 2. The van der Waals surface area contributed by atoms with E-state index in [9.17, 15) is 19.1 Å². The third-order valence-corrected chi connectivity index (χ3v) is 2.75. The molecule has 0 aromatic heterocycles. The van der Waals surface area contributed by atoms with Crippen LogP contribution < -0.4 is 5.32 Å². The van der Waals surface area contributed by atoms with E-state index in [0.717, 1.165) is 0 Å². The van der Waals surface area contributed by atoms with Gasteiger partial charge >= 0.3 is 11.8 Å². The van der Waals surface area contributed by atoms with Gasteiger partial charge in [0.1, 0.15) is 5.82 Å². The summed E-state index contributed by atoms with van der Waals surface area (Å²) >= 11 is 0. The van der Waals surface area contributed by atoms with Gasteiger partial charge < -0.3 is 15.3 Å². The maximum atomic E-state index is 12.7. The van der Waals surface area contributed by atoms with Crippen LogP contribution >= 0.6 is 0 Å². The van der Waals surface area contributed by atoms with Crippen molar-refractivity contribution in [1.29, 1.82) is 0 Å². The highest BCUT2D eigenvalue weighted by atomic mass is 19.1. The van der Waals surface area contributed by atoms with Crippen molar-refractivity contribution in [3.8, 4) is 0 Å². The summed E-state index contributed by atoms with van der Waals surface area (Å²) in [7, 11) is 0. The highest BCUT2D eigenvalue weighted by Crippen LogP contribution is 2.11. The lowest BCUT2D eigenvalue weighted by Gasteiger charge is -2.14. The molecule has 1 aliphatic heterocycles. The normalized spacial score (nSPS) is 18.8. The molecule has 18 heavy (non-hydrogen) atoms. The zero-order valence-corrected chi connectivity index (χ0v) is 9.60. The molecule has 2 N–H and O–H groups in total. The quantitative estimate of drug-likeness (QED) is 0.709. The second-order valence-corrected chi connectivity index (χ2v) is 4.15. The first-order valence-electron chi connectivity index (χ1n) is 5.60. The molecule has 0 unspecified atom stereocenters. The number of benzene rings is 1. The van der Waals surface area contributed by atoms with Crippen molar-refractivity contribution in [3.05, 3.63) is 30.1 Å². The summed E-state index contributed by atoms with van der Waals surface area (Å²) in [5.74, 6) is -1.88. The molecule has 5 nitrogen and oxygen atoms in total. The van der Waals surface area contributed by atoms with E-state index in [1.54, 1.807) is 0 Å². The van der Waals surface area contributed by atoms with Crippen molar-refractivity contribution in [2.75, 3.05) is 18.4 Å². The summed E-state index contributed by atoms with van der Waals surface area (Å²) in [5.41, 5.74) is 0.356. The largest absolute Gasteiger partial charge is 0.391 e. The molecule has 1 aliphatic rings. The van der Waals surface area contributed by atoms with Crippen LogP contribution in [-0.4, -0.2) is 41.0 Å². The number of amides is 2. The first-order chi connectivity index (χ1) is 8.56. The molecule has 1 fully saturated rings. The fraction of sp³-hybridized carbons (Fsp3) is 0.333. The fourth-order valence-corrected chi connectivity index (χ4v) is 1.79. The zero-order valence-electron chi connectivity index (χ0n) is 9.60. The van der Waals surface area contributed by atoms with Gasteiger partial charge in [0.2, 0.25) is 0 Å². The molecule has 1 atom stereocenters. The van der Waals surface area contributed by atoms with Crippen LogP contribution in [0.3, 0.4) is 0 Å². The molecule has 0 aliphatic carbocycles. The van der Waals surface area contributed by atoms with Gasteiger partial charge in [-0.3, -0.25) is 9.59 Å². The third kappa shape index (κ3) is 2.84. The van der Waals surface area contributed by atoms with E-state index in [1.165, 1.54) is 29.2 Å². The van der Waals surface area contributed by atoms with Crippen LogP contribution in [0.5, 0.6) is 0 Å². The molecule has 6 heteroatoms. The maximum absolute atomic E-state index is 12.7. The van der Waals surface area contributed by atoms with Crippen molar-refractivity contribution in [1.82, 2.24) is 4.90 Å². The Morgan fingerprint density at radius 2 is 2.00 bits per heavy atom. The van der Waals surface area contributed by atoms with Gasteiger partial charge in [-0.25, -0.2) is 4.39 Å². The predicted molar refractivity (Wildman–Crippen MR) is 62.2 cm³/mol. The molecule has 1 aromatic rings. The summed E-state index contributed by atoms with van der Waals surface area (Å²) in [6.45, 7) is 0.548. The molecule has 2 amide bonds. The molecular formula is C12H13FN2O3. The summed E-state index contributed by atoms with van der Waals surface area (Å²) in [5, 5.41) is 11.7. The summed E-state index contributed by atoms with van der Waals surface area (Å²) in [4.78, 5) is 24.6. The van der Waals surface area contributed by atoms with E-state index in [0.29, 0.717) is 18.7 Å². The molecule has 0 spiro atoms. The van der Waals surface area contributed by atoms with E-state index < -0.39 is 23.7 Å². The van der Waals surface area contributed by atoms with E-state index >= 15 is 0 Å². The van der Waals surface area contributed by atoms with E-state index in [2.05, 4.69) is 5.32 Å². The lowest BCUT2D eigenvalue weighted by molar-refractivity contribution is -0.142. The van der Waals surface area contributed by atoms with Gasteiger partial charge in [0.05, 0.1) is 6.10 Å². The monoisotopic (exact) mass is 252 g/mol. The number of rotatable bonds is 1. The number of nitrogens with one attached hydrogen (secondary N) is 1. The molecule has 96 valence electrons. The molecular weight excluding hydrogens is 239 g/mol. The number of hydrogen-bond donors (Lipinski definition) is 2. The minimum Gasteiger partial charge on any atom is -0.391 e. The first kappa shape index (κ1) is 12.5. The summed E-state index contributed by atoms with van der Waals surface area (Å²) < 4.78 is 12.7. The Kier molecular flexibility index (Phi) is 3.57. The Hall–Kier alpha value is -1.95. The Labute approximate surface area is 103 Å². The maximum Gasteiger partial charge on any atom is 0.313 e. The van der Waals surface area contributed by atoms with Crippen LogP contribution in [0, 0.1) is 5.82 Å². The SMILES string of the molecule is O=C(Nc1ccc(F)cc1)C(=O)N1CC[C@H](O)C1. The number of halogens is 1. The average Bonchev–Trinajstić information content (AvgIpc) is 2.78. The molecule has 0 radical (unpaired) electrons. The van der Waals surface area contributed by atoms with Gasteiger partial charge in [-0.15, -0.1) is 0 Å². The minimum atomic E-state index is -0.782. The average molecular weight is 252 g/mol. The number of nitrogens with zero attached hydrogens (tertiary/aromatic N) is 1. The Morgan fingerprint density at radius 3 is 2.56 bits per heavy atom. The van der Waals surface area contributed by atoms with E-state index in [1.807, 2.05) is 0 Å². The van der Waals surface area contributed by atoms with Crippen LogP contribution in [0.15, 0.2) is 24.3 Å². The second-order valence-electron chi connectivity index (χ2n) is 4.15. The predicted octanol–water partition coefficient (Wildman–Crippen LogP) is 0.357. The molecule has 1 aromatic carbocycles. The highest BCUT2D eigenvalue weighted by molar-refractivity contribution is 6.39. The van der Waals surface area contributed by atoms with Crippen LogP contribution in [0.1, 0.15) is 6.42 Å². The lowest BCUT2D eigenvalue weighted by atomic mass is 10.3. The van der Waals surface area contributed by atoms with Crippen LogP contribution in [0.4, 0.5) is 10.1 Å². The lowest BCUT2D eigenvalue weighted by Crippen LogP contribution is -2.38. The van der Waals surface area contributed by atoms with Crippen molar-refractivity contribution in [2.24, 2.45) is 0 Å². The fourth-order valence-electron chi connectivity index (χ4n) is 1.79. The van der Waals surface area contributed by atoms with Gasteiger partial charge in [-0.05, 0) is 30.7 Å². The topological polar surface area (TPSA) is 69.6 Å². The van der Waals surface area contributed by atoms with Crippen molar-refractivity contribution >= 4 is 17.5 Å². The minimum absolute atomic E-state index is 0.176. The highest BCUT2D eigenvalue weighted by Gasteiger charge is 2.28. The number of aliphatic hydroxyl groups excluding tert-OH is 1. The molecule has 0 saturated carbocycles. The second kappa shape index (κ2) is 5.14. The van der Waals surface area contributed by atoms with Crippen molar-refractivity contribution in [3.63, 3.8) is 0 Å².